The fourth-order valence-electron chi connectivity index (χ4n) is 3.32. The van der Waals surface area contributed by atoms with Crippen LogP contribution >= 0.6 is 0 Å². The minimum absolute atomic E-state index is 0.00979. The van der Waals surface area contributed by atoms with Crippen molar-refractivity contribution in [1.29, 1.82) is 0 Å². The molecule has 0 amide bonds. The SMILES string of the molecule is O=C(CC1CC2COCC(C1)C2=O)OCc1ccccc1. The molecule has 1 aromatic carbocycles. The Labute approximate surface area is 124 Å². The van der Waals surface area contributed by atoms with Gasteiger partial charge in [-0.15, -0.1) is 0 Å². The molecule has 1 saturated heterocycles. The van der Waals surface area contributed by atoms with Crippen molar-refractivity contribution in [3.8, 4) is 0 Å². The van der Waals surface area contributed by atoms with Crippen LogP contribution in [-0.4, -0.2) is 25.0 Å². The molecule has 1 aliphatic heterocycles. The van der Waals surface area contributed by atoms with Crippen molar-refractivity contribution < 1.29 is 19.1 Å². The Balaban J connectivity index is 1.48. The summed E-state index contributed by atoms with van der Waals surface area (Å²) in [6.45, 7) is 1.36. The van der Waals surface area contributed by atoms with Gasteiger partial charge in [-0.25, -0.2) is 0 Å². The minimum Gasteiger partial charge on any atom is -0.461 e. The van der Waals surface area contributed by atoms with Crippen molar-refractivity contribution >= 4 is 11.8 Å². The highest BCUT2D eigenvalue weighted by Crippen LogP contribution is 2.36. The van der Waals surface area contributed by atoms with E-state index in [1.807, 2.05) is 30.3 Å². The molecule has 0 N–H and O–H groups in total. The lowest BCUT2D eigenvalue weighted by molar-refractivity contribution is -0.151. The highest BCUT2D eigenvalue weighted by atomic mass is 16.5. The van der Waals surface area contributed by atoms with Crippen molar-refractivity contribution in [2.24, 2.45) is 17.8 Å². The Hall–Kier alpha value is -1.68. The molecule has 2 bridgehead atoms. The summed E-state index contributed by atoms with van der Waals surface area (Å²) in [5.74, 6) is 0.395. The zero-order valence-electron chi connectivity index (χ0n) is 12.0. The second-order valence-electron chi connectivity index (χ2n) is 6.02. The third-order valence-electron chi connectivity index (χ3n) is 4.38. The first-order valence-corrected chi connectivity index (χ1v) is 7.53. The zero-order chi connectivity index (χ0) is 14.7. The van der Waals surface area contributed by atoms with Crippen molar-refractivity contribution in [3.05, 3.63) is 35.9 Å². The summed E-state index contributed by atoms with van der Waals surface area (Å²) < 4.78 is 10.8. The van der Waals surface area contributed by atoms with Gasteiger partial charge in [-0.2, -0.15) is 0 Å². The monoisotopic (exact) mass is 288 g/mol. The van der Waals surface area contributed by atoms with E-state index in [-0.39, 0.29) is 23.7 Å². The van der Waals surface area contributed by atoms with Gasteiger partial charge in [-0.05, 0) is 24.3 Å². The number of fused-ring (bicyclic) bond motifs is 2. The molecule has 1 aromatic rings. The van der Waals surface area contributed by atoms with E-state index >= 15 is 0 Å². The first-order chi connectivity index (χ1) is 10.2. The van der Waals surface area contributed by atoms with E-state index in [4.69, 9.17) is 9.47 Å². The van der Waals surface area contributed by atoms with E-state index in [9.17, 15) is 9.59 Å². The molecule has 2 atom stereocenters. The van der Waals surface area contributed by atoms with E-state index in [0.29, 0.717) is 32.0 Å². The van der Waals surface area contributed by atoms with Gasteiger partial charge in [-0.3, -0.25) is 9.59 Å². The van der Waals surface area contributed by atoms with Gasteiger partial charge in [0.05, 0.1) is 13.2 Å². The second kappa shape index (κ2) is 6.39. The fraction of sp³-hybridized carbons (Fsp3) is 0.529. The Morgan fingerprint density at radius 1 is 1.14 bits per heavy atom. The number of Topliss-reactive ketones (excluding diaryl/α,β-unsaturated/α-hetero) is 1. The lowest BCUT2D eigenvalue weighted by Gasteiger charge is -2.37. The Kier molecular flexibility index (Phi) is 4.34. The van der Waals surface area contributed by atoms with Gasteiger partial charge in [-0.1, -0.05) is 30.3 Å². The molecule has 1 heterocycles. The number of rotatable bonds is 4. The number of esters is 1. The molecule has 2 fully saturated rings. The molecule has 0 spiro atoms. The van der Waals surface area contributed by atoms with Crippen LogP contribution in [0, 0.1) is 17.8 Å². The van der Waals surface area contributed by atoms with E-state index < -0.39 is 0 Å². The largest absolute Gasteiger partial charge is 0.461 e. The molecule has 2 aliphatic rings. The van der Waals surface area contributed by atoms with E-state index in [1.165, 1.54) is 0 Å². The molecule has 0 radical (unpaired) electrons. The maximum absolute atomic E-state index is 12.0. The number of hydrogen-bond acceptors (Lipinski definition) is 4. The van der Waals surface area contributed by atoms with Gasteiger partial charge in [0.25, 0.3) is 0 Å². The summed E-state index contributed by atoms with van der Waals surface area (Å²) in [7, 11) is 0. The summed E-state index contributed by atoms with van der Waals surface area (Å²) in [6.07, 6.45) is 1.93. The quantitative estimate of drug-likeness (QED) is 0.798. The van der Waals surface area contributed by atoms with E-state index in [0.717, 1.165) is 18.4 Å². The molecule has 1 saturated carbocycles. The lowest BCUT2D eigenvalue weighted by Crippen LogP contribution is -2.43. The Morgan fingerprint density at radius 3 is 2.48 bits per heavy atom. The molecule has 3 rings (SSSR count). The van der Waals surface area contributed by atoms with Crippen molar-refractivity contribution in [3.63, 3.8) is 0 Å². The van der Waals surface area contributed by atoms with Crippen LogP contribution in [0.25, 0.3) is 0 Å². The minimum atomic E-state index is -0.169. The third kappa shape index (κ3) is 3.50. The van der Waals surface area contributed by atoms with Gasteiger partial charge < -0.3 is 9.47 Å². The predicted molar refractivity (Wildman–Crippen MR) is 76.4 cm³/mol. The Morgan fingerprint density at radius 2 is 1.81 bits per heavy atom. The molecule has 4 nitrogen and oxygen atoms in total. The molecule has 0 aromatic heterocycles. The highest BCUT2D eigenvalue weighted by molar-refractivity contribution is 5.85. The van der Waals surface area contributed by atoms with E-state index in [2.05, 4.69) is 0 Å². The maximum Gasteiger partial charge on any atom is 0.306 e. The lowest BCUT2D eigenvalue weighted by atomic mass is 9.72. The first-order valence-electron chi connectivity index (χ1n) is 7.53. The third-order valence-corrected chi connectivity index (χ3v) is 4.38. The average Bonchev–Trinajstić information content (AvgIpc) is 2.47. The van der Waals surface area contributed by atoms with Crippen molar-refractivity contribution in [1.82, 2.24) is 0 Å². The first kappa shape index (κ1) is 14.3. The van der Waals surface area contributed by atoms with Gasteiger partial charge in [0.15, 0.2) is 0 Å². The van der Waals surface area contributed by atoms with Crippen LogP contribution in [0.5, 0.6) is 0 Å². The fourth-order valence-corrected chi connectivity index (χ4v) is 3.32. The number of ether oxygens (including phenoxy) is 2. The van der Waals surface area contributed by atoms with Crippen LogP contribution in [0.2, 0.25) is 0 Å². The maximum atomic E-state index is 12.0. The van der Waals surface area contributed by atoms with Crippen molar-refractivity contribution in [2.45, 2.75) is 25.9 Å². The van der Waals surface area contributed by atoms with Gasteiger partial charge in [0.2, 0.25) is 0 Å². The predicted octanol–water partition coefficient (Wildman–Crippen LogP) is 2.36. The van der Waals surface area contributed by atoms with Crippen LogP contribution in [0.3, 0.4) is 0 Å². The summed E-state index contributed by atoms with van der Waals surface area (Å²) in [5.41, 5.74) is 0.995. The number of hydrogen-bond donors (Lipinski definition) is 0. The molecule has 21 heavy (non-hydrogen) atoms. The molecule has 1 aliphatic carbocycles. The smallest absolute Gasteiger partial charge is 0.306 e. The molecule has 112 valence electrons. The standard InChI is InChI=1S/C17H20O4/c18-16(21-9-12-4-2-1-3-5-12)8-13-6-14-10-20-11-15(7-13)17(14)19/h1-5,13-15H,6-11H2. The van der Waals surface area contributed by atoms with Gasteiger partial charge >= 0.3 is 5.97 Å². The summed E-state index contributed by atoms with van der Waals surface area (Å²) in [6, 6.07) is 9.67. The topological polar surface area (TPSA) is 52.6 Å². The van der Waals surface area contributed by atoms with Crippen LogP contribution in [-0.2, 0) is 25.7 Å². The molecule has 4 heteroatoms. The van der Waals surface area contributed by atoms with Crippen LogP contribution in [0.4, 0.5) is 0 Å². The molecular formula is C17H20O4. The summed E-state index contributed by atoms with van der Waals surface area (Å²) in [4.78, 5) is 23.9. The van der Waals surface area contributed by atoms with E-state index in [1.54, 1.807) is 0 Å². The number of carbonyl (C=O) groups is 2. The average molecular weight is 288 g/mol. The number of benzene rings is 1. The summed E-state index contributed by atoms with van der Waals surface area (Å²) >= 11 is 0. The molecule has 2 unspecified atom stereocenters. The number of carbonyl (C=O) groups excluding carboxylic acids is 2. The van der Waals surface area contributed by atoms with Gasteiger partial charge in [0, 0.05) is 18.3 Å². The number of ketones is 1. The normalized spacial score (nSPS) is 28.2. The van der Waals surface area contributed by atoms with Gasteiger partial charge in [0.1, 0.15) is 12.4 Å². The van der Waals surface area contributed by atoms with Crippen LogP contribution in [0.15, 0.2) is 30.3 Å². The molecular weight excluding hydrogens is 268 g/mol. The van der Waals surface area contributed by atoms with Crippen LogP contribution in [0.1, 0.15) is 24.8 Å². The van der Waals surface area contributed by atoms with Crippen molar-refractivity contribution in [2.75, 3.05) is 13.2 Å². The van der Waals surface area contributed by atoms with Crippen LogP contribution < -0.4 is 0 Å². The Bertz CT molecular complexity index is 495. The zero-order valence-corrected chi connectivity index (χ0v) is 12.0. The highest BCUT2D eigenvalue weighted by Gasteiger charge is 2.40. The summed E-state index contributed by atoms with van der Waals surface area (Å²) in [5, 5.41) is 0. The second-order valence-corrected chi connectivity index (χ2v) is 6.02.